The summed E-state index contributed by atoms with van der Waals surface area (Å²) in [4.78, 5) is 0. The molecule has 0 atom stereocenters. The normalized spacial score (nSPS) is 15.1. The van der Waals surface area contributed by atoms with E-state index in [0.717, 1.165) is 35.1 Å². The van der Waals surface area contributed by atoms with Crippen molar-refractivity contribution >= 4 is 0 Å². The lowest BCUT2D eigenvalue weighted by atomic mass is 9.88. The van der Waals surface area contributed by atoms with Crippen molar-refractivity contribution in [2.45, 2.75) is 12.8 Å². The number of hydrogen-bond acceptors (Lipinski definition) is 0. The molecule has 0 saturated heterocycles. The third-order valence-corrected chi connectivity index (χ3v) is 2.34. The second-order valence-electron chi connectivity index (χ2n) is 3.27. The van der Waals surface area contributed by atoms with E-state index in [1.165, 1.54) is 0 Å². The van der Waals surface area contributed by atoms with E-state index in [1.54, 1.807) is 12.2 Å². The van der Waals surface area contributed by atoms with Crippen LogP contribution in [0.25, 0.3) is 0 Å². The highest BCUT2D eigenvalue weighted by molar-refractivity contribution is 5.60. The first-order valence-electron chi connectivity index (χ1n) is 4.74. The first-order valence-corrected chi connectivity index (χ1v) is 4.74. The summed E-state index contributed by atoms with van der Waals surface area (Å²) >= 11 is 0. The third-order valence-electron chi connectivity index (χ3n) is 2.34. The fourth-order valence-electron chi connectivity index (χ4n) is 1.50. The van der Waals surface area contributed by atoms with E-state index in [-0.39, 0.29) is 0 Å². The molecule has 1 aliphatic carbocycles. The molecule has 0 nitrogen and oxygen atoms in total. The van der Waals surface area contributed by atoms with Gasteiger partial charge in [-0.05, 0) is 35.1 Å². The average Bonchev–Trinajstić information content (AvgIpc) is 2.27. The van der Waals surface area contributed by atoms with Crippen LogP contribution in [0.15, 0.2) is 72.9 Å². The van der Waals surface area contributed by atoms with Gasteiger partial charge in [0, 0.05) is 0 Å². The molecular formula is C14H16. The van der Waals surface area contributed by atoms with E-state index >= 15 is 0 Å². The Hall–Kier alpha value is -1.56. The lowest BCUT2D eigenvalue weighted by Gasteiger charge is -2.16. The summed E-state index contributed by atoms with van der Waals surface area (Å²) in [5, 5.41) is 0. The fraction of sp³-hybridized carbons (Fsp3) is 0.143. The summed E-state index contributed by atoms with van der Waals surface area (Å²) in [6.45, 7) is 15.4. The van der Waals surface area contributed by atoms with Crippen LogP contribution >= 0.6 is 0 Å². The SMILES string of the molecule is C=CC(=C)C1=CCCC=C1C(=C)C=C. The van der Waals surface area contributed by atoms with Crippen LogP contribution in [0, 0.1) is 0 Å². The molecule has 0 aromatic carbocycles. The molecule has 0 N–H and O–H groups in total. The molecular weight excluding hydrogens is 168 g/mol. The minimum atomic E-state index is 0.957. The second-order valence-corrected chi connectivity index (χ2v) is 3.27. The minimum absolute atomic E-state index is 0.957. The Morgan fingerprint density at radius 2 is 1.29 bits per heavy atom. The third kappa shape index (κ3) is 2.02. The van der Waals surface area contributed by atoms with Gasteiger partial charge in [-0.15, -0.1) is 0 Å². The van der Waals surface area contributed by atoms with Crippen molar-refractivity contribution in [1.82, 2.24) is 0 Å². The van der Waals surface area contributed by atoms with Crippen molar-refractivity contribution in [3.63, 3.8) is 0 Å². The van der Waals surface area contributed by atoms with Crippen LogP contribution in [0.4, 0.5) is 0 Å². The standard InChI is InChI=1S/C14H16/c1-5-11(3)13-9-7-8-10-14(13)12(4)6-2/h5-6,9-10H,1-4,7-8H2. The molecule has 1 aliphatic rings. The Balaban J connectivity index is 3.03. The molecule has 0 amide bonds. The number of rotatable bonds is 4. The molecule has 0 spiro atoms. The molecule has 0 unspecified atom stereocenters. The summed E-state index contributed by atoms with van der Waals surface area (Å²) in [6.07, 6.45) is 10.1. The molecule has 0 aromatic heterocycles. The smallest absolute Gasteiger partial charge is 0.0155 e. The Morgan fingerprint density at radius 1 is 0.929 bits per heavy atom. The molecule has 0 radical (unpaired) electrons. The van der Waals surface area contributed by atoms with Gasteiger partial charge in [0.25, 0.3) is 0 Å². The Morgan fingerprint density at radius 3 is 1.57 bits per heavy atom. The molecule has 0 saturated carbocycles. The zero-order valence-electron chi connectivity index (χ0n) is 8.55. The summed E-state index contributed by atoms with van der Waals surface area (Å²) in [7, 11) is 0. The predicted molar refractivity (Wildman–Crippen MR) is 64.1 cm³/mol. The van der Waals surface area contributed by atoms with Gasteiger partial charge in [-0.2, -0.15) is 0 Å². The van der Waals surface area contributed by atoms with Crippen molar-refractivity contribution in [3.05, 3.63) is 72.9 Å². The minimum Gasteiger partial charge on any atom is -0.0985 e. The maximum absolute atomic E-state index is 3.96. The van der Waals surface area contributed by atoms with Crippen molar-refractivity contribution < 1.29 is 0 Å². The molecule has 0 bridgehead atoms. The Labute approximate surface area is 86.3 Å². The first-order chi connectivity index (χ1) is 6.70. The Kier molecular flexibility index (Phi) is 3.47. The van der Waals surface area contributed by atoms with Gasteiger partial charge in [-0.3, -0.25) is 0 Å². The van der Waals surface area contributed by atoms with E-state index in [2.05, 4.69) is 38.5 Å². The molecule has 0 fully saturated rings. The highest BCUT2D eigenvalue weighted by Crippen LogP contribution is 2.29. The largest absolute Gasteiger partial charge is 0.0985 e. The van der Waals surface area contributed by atoms with Crippen molar-refractivity contribution in [2.75, 3.05) is 0 Å². The van der Waals surface area contributed by atoms with E-state index in [1.807, 2.05) is 0 Å². The van der Waals surface area contributed by atoms with Gasteiger partial charge < -0.3 is 0 Å². The summed E-state index contributed by atoms with van der Waals surface area (Å²) < 4.78 is 0. The lowest BCUT2D eigenvalue weighted by molar-refractivity contribution is 1.00. The second kappa shape index (κ2) is 4.61. The molecule has 0 heteroatoms. The number of hydrogen-bond donors (Lipinski definition) is 0. The molecule has 14 heavy (non-hydrogen) atoms. The number of allylic oxidation sites excluding steroid dienone is 8. The first kappa shape index (κ1) is 10.5. The molecule has 0 heterocycles. The molecule has 0 aromatic rings. The van der Waals surface area contributed by atoms with E-state index in [9.17, 15) is 0 Å². The van der Waals surface area contributed by atoms with Gasteiger partial charge in [0.15, 0.2) is 0 Å². The van der Waals surface area contributed by atoms with Crippen LogP contribution in [0.3, 0.4) is 0 Å². The van der Waals surface area contributed by atoms with E-state index < -0.39 is 0 Å². The van der Waals surface area contributed by atoms with Crippen LogP contribution in [0.2, 0.25) is 0 Å². The maximum Gasteiger partial charge on any atom is -0.0155 e. The Bertz CT molecular complexity index is 312. The predicted octanol–water partition coefficient (Wildman–Crippen LogP) is 4.12. The lowest BCUT2D eigenvalue weighted by Crippen LogP contribution is -1.98. The van der Waals surface area contributed by atoms with Crippen molar-refractivity contribution in [3.8, 4) is 0 Å². The van der Waals surface area contributed by atoms with Crippen molar-refractivity contribution in [2.24, 2.45) is 0 Å². The van der Waals surface area contributed by atoms with Gasteiger partial charge >= 0.3 is 0 Å². The highest BCUT2D eigenvalue weighted by Gasteiger charge is 2.11. The maximum atomic E-state index is 3.96. The van der Waals surface area contributed by atoms with Crippen LogP contribution < -0.4 is 0 Å². The zero-order valence-corrected chi connectivity index (χ0v) is 8.55. The molecule has 72 valence electrons. The molecule has 0 aliphatic heterocycles. The summed E-state index contributed by atoms with van der Waals surface area (Å²) in [5.74, 6) is 0. The van der Waals surface area contributed by atoms with Crippen molar-refractivity contribution in [1.29, 1.82) is 0 Å². The van der Waals surface area contributed by atoms with Gasteiger partial charge in [-0.1, -0.05) is 50.6 Å². The van der Waals surface area contributed by atoms with Gasteiger partial charge in [-0.25, -0.2) is 0 Å². The highest BCUT2D eigenvalue weighted by atomic mass is 14.1. The summed E-state index contributed by atoms with van der Waals surface area (Å²) in [5.41, 5.74) is 4.21. The van der Waals surface area contributed by atoms with Gasteiger partial charge in [0.05, 0.1) is 0 Å². The van der Waals surface area contributed by atoms with E-state index in [4.69, 9.17) is 0 Å². The van der Waals surface area contributed by atoms with Crippen LogP contribution in [-0.4, -0.2) is 0 Å². The van der Waals surface area contributed by atoms with Crippen LogP contribution in [0.1, 0.15) is 12.8 Å². The fourth-order valence-corrected chi connectivity index (χ4v) is 1.50. The van der Waals surface area contributed by atoms with Gasteiger partial charge in [0.1, 0.15) is 0 Å². The summed E-state index contributed by atoms with van der Waals surface area (Å²) in [6, 6.07) is 0. The van der Waals surface area contributed by atoms with E-state index in [0.29, 0.717) is 0 Å². The van der Waals surface area contributed by atoms with Gasteiger partial charge in [0.2, 0.25) is 0 Å². The average molecular weight is 184 g/mol. The zero-order chi connectivity index (χ0) is 10.6. The van der Waals surface area contributed by atoms with Crippen LogP contribution in [0.5, 0.6) is 0 Å². The molecule has 1 rings (SSSR count). The van der Waals surface area contributed by atoms with Crippen LogP contribution in [-0.2, 0) is 0 Å². The topological polar surface area (TPSA) is 0 Å². The monoisotopic (exact) mass is 184 g/mol. The quantitative estimate of drug-likeness (QED) is 0.576.